The molecule has 1 aromatic rings. The van der Waals surface area contributed by atoms with Gasteiger partial charge in [0.15, 0.2) is 0 Å². The molecule has 0 bridgehead atoms. The zero-order valence-corrected chi connectivity index (χ0v) is 16.3. The summed E-state index contributed by atoms with van der Waals surface area (Å²) in [6.45, 7) is 2.00. The maximum Gasteiger partial charge on any atom is 0.368 e. The first-order chi connectivity index (χ1) is 12.4. The van der Waals surface area contributed by atoms with Gasteiger partial charge in [0, 0.05) is 19.0 Å². The molecule has 2 aliphatic heterocycles. The summed E-state index contributed by atoms with van der Waals surface area (Å²) >= 11 is 1.61. The van der Waals surface area contributed by atoms with Crippen LogP contribution in [0.2, 0.25) is 0 Å². The number of amides is 2. The fraction of sp³-hybridized carbons (Fsp3) is 0.526. The number of nitrogens with zero attached hydrogens (tertiary/aromatic N) is 1. The minimum atomic E-state index is -1.06. The fourth-order valence-corrected chi connectivity index (χ4v) is 4.90. The number of likely N-dealkylation sites (tertiary alicyclic amines) is 1. The molecule has 2 N–H and O–H groups in total. The summed E-state index contributed by atoms with van der Waals surface area (Å²) in [5.41, 5.74) is 1.02. The number of thioether (sulfide) groups is 1. The van der Waals surface area contributed by atoms with Gasteiger partial charge >= 0.3 is 5.97 Å². The van der Waals surface area contributed by atoms with Crippen molar-refractivity contribution >= 4 is 29.5 Å². The maximum absolute atomic E-state index is 12.9. The van der Waals surface area contributed by atoms with E-state index in [1.54, 1.807) is 11.8 Å². The third kappa shape index (κ3) is 2.74. The first kappa shape index (κ1) is 18.9. The summed E-state index contributed by atoms with van der Waals surface area (Å²) in [7, 11) is 2.85. The first-order valence-corrected chi connectivity index (χ1v) is 10.1. The van der Waals surface area contributed by atoms with Gasteiger partial charge in [0.2, 0.25) is 17.4 Å². The Morgan fingerprint density at radius 1 is 1.27 bits per heavy atom. The van der Waals surface area contributed by atoms with Crippen molar-refractivity contribution in [1.29, 1.82) is 0 Å². The molecular formula is C19H25N2O4S+. The molecule has 2 saturated heterocycles. The smallest absolute Gasteiger partial charge is 0.368 e. The van der Waals surface area contributed by atoms with Crippen LogP contribution in [0, 0.1) is 18.8 Å². The van der Waals surface area contributed by atoms with Crippen LogP contribution in [0.1, 0.15) is 23.6 Å². The minimum absolute atomic E-state index is 0.211. The molecule has 2 aliphatic rings. The van der Waals surface area contributed by atoms with Crippen LogP contribution in [-0.4, -0.2) is 54.4 Å². The number of ether oxygens (including phenoxy) is 1. The molecule has 0 aliphatic carbocycles. The Morgan fingerprint density at radius 2 is 1.92 bits per heavy atom. The van der Waals surface area contributed by atoms with Crippen molar-refractivity contribution in [2.75, 3.05) is 26.2 Å². The van der Waals surface area contributed by atoms with Crippen LogP contribution in [0.25, 0.3) is 0 Å². The van der Waals surface area contributed by atoms with E-state index in [2.05, 4.69) is 0 Å². The number of aryl methyl sites for hydroxylation is 1. The Hall–Kier alpha value is -1.86. The van der Waals surface area contributed by atoms with Crippen LogP contribution in [-0.2, 0) is 19.1 Å². The number of esters is 1. The molecule has 6 nitrogen and oxygen atoms in total. The molecule has 1 aromatic carbocycles. The van der Waals surface area contributed by atoms with Crippen LogP contribution < -0.4 is 5.32 Å². The van der Waals surface area contributed by atoms with Crippen molar-refractivity contribution in [2.45, 2.75) is 24.9 Å². The number of imide groups is 1. The van der Waals surface area contributed by atoms with Gasteiger partial charge in [-0.3, -0.25) is 14.5 Å². The molecule has 2 heterocycles. The van der Waals surface area contributed by atoms with E-state index in [1.807, 2.05) is 42.8 Å². The predicted octanol–water partition coefficient (Wildman–Crippen LogP) is 0.509. The molecule has 7 heteroatoms. The molecule has 2 amide bonds. The lowest BCUT2D eigenvalue weighted by atomic mass is 9.78. The molecule has 0 aromatic heterocycles. The average molecular weight is 377 g/mol. The fourth-order valence-electron chi connectivity index (χ4n) is 4.36. The molecule has 0 spiro atoms. The monoisotopic (exact) mass is 377 g/mol. The van der Waals surface area contributed by atoms with E-state index in [1.165, 1.54) is 19.1 Å². The van der Waals surface area contributed by atoms with E-state index in [4.69, 9.17) is 4.74 Å². The van der Waals surface area contributed by atoms with Gasteiger partial charge < -0.3 is 10.1 Å². The van der Waals surface area contributed by atoms with Crippen molar-refractivity contribution in [1.82, 2.24) is 4.90 Å². The molecule has 140 valence electrons. The van der Waals surface area contributed by atoms with Gasteiger partial charge in [0.05, 0.1) is 7.11 Å². The number of rotatable bonds is 5. The van der Waals surface area contributed by atoms with Gasteiger partial charge in [-0.25, -0.2) is 4.79 Å². The van der Waals surface area contributed by atoms with Crippen molar-refractivity contribution in [3.05, 3.63) is 35.4 Å². The van der Waals surface area contributed by atoms with Crippen molar-refractivity contribution in [2.24, 2.45) is 11.8 Å². The summed E-state index contributed by atoms with van der Waals surface area (Å²) in [6.07, 6.45) is 2.44. The molecular weight excluding hydrogens is 352 g/mol. The highest BCUT2D eigenvalue weighted by atomic mass is 32.2. The van der Waals surface area contributed by atoms with E-state index < -0.39 is 23.3 Å². The van der Waals surface area contributed by atoms with Gasteiger partial charge in [-0.05, 0) is 18.9 Å². The largest absolute Gasteiger partial charge is 0.464 e. The van der Waals surface area contributed by atoms with Crippen LogP contribution in [0.4, 0.5) is 0 Å². The van der Waals surface area contributed by atoms with E-state index in [0.717, 1.165) is 11.1 Å². The zero-order chi connectivity index (χ0) is 19.1. The van der Waals surface area contributed by atoms with Gasteiger partial charge in [-0.15, -0.1) is 0 Å². The molecule has 2 fully saturated rings. The second kappa shape index (κ2) is 7.04. The Labute approximate surface area is 157 Å². The number of nitrogens with two attached hydrogens (primary N) is 1. The summed E-state index contributed by atoms with van der Waals surface area (Å²) in [5, 5.41) is 1.91. The van der Waals surface area contributed by atoms with Gasteiger partial charge in [0.25, 0.3) is 0 Å². The van der Waals surface area contributed by atoms with E-state index in [-0.39, 0.29) is 17.9 Å². The number of carbonyl (C=O) groups excluding carboxylic acids is 3. The minimum Gasteiger partial charge on any atom is -0.464 e. The van der Waals surface area contributed by atoms with Gasteiger partial charge in [-0.2, -0.15) is 11.8 Å². The number of hydrogen-bond donors (Lipinski definition) is 1. The lowest BCUT2D eigenvalue weighted by Crippen LogP contribution is -2.98. The van der Waals surface area contributed by atoms with Crippen molar-refractivity contribution < 1.29 is 24.4 Å². The lowest BCUT2D eigenvalue weighted by Gasteiger charge is -2.28. The topological polar surface area (TPSA) is 80.3 Å². The van der Waals surface area contributed by atoms with E-state index in [0.29, 0.717) is 12.2 Å². The SMILES string of the molecule is COC(=O)[C@@]1(CCSC)[NH2+][C@@H](c2ccc(C)cc2)[C@@H]2C(=O)N(C)C(=O)[C@H]21. The average Bonchev–Trinajstić information content (AvgIpc) is 3.10. The summed E-state index contributed by atoms with van der Waals surface area (Å²) in [4.78, 5) is 39.8. The highest BCUT2D eigenvalue weighted by molar-refractivity contribution is 7.98. The second-order valence-electron chi connectivity index (χ2n) is 7.12. The summed E-state index contributed by atoms with van der Waals surface area (Å²) in [5.74, 6) is -1.44. The molecule has 3 rings (SSSR count). The number of fused-ring (bicyclic) bond motifs is 1. The van der Waals surface area contributed by atoms with E-state index in [9.17, 15) is 14.4 Å². The van der Waals surface area contributed by atoms with Crippen LogP contribution >= 0.6 is 11.8 Å². The van der Waals surface area contributed by atoms with Crippen LogP contribution in [0.3, 0.4) is 0 Å². The predicted molar refractivity (Wildman–Crippen MR) is 98.3 cm³/mol. The third-order valence-electron chi connectivity index (χ3n) is 5.74. The molecule has 0 saturated carbocycles. The summed E-state index contributed by atoms with van der Waals surface area (Å²) < 4.78 is 5.10. The number of hydrogen-bond acceptors (Lipinski definition) is 5. The highest BCUT2D eigenvalue weighted by Gasteiger charge is 2.71. The van der Waals surface area contributed by atoms with Gasteiger partial charge in [0.1, 0.15) is 17.9 Å². The van der Waals surface area contributed by atoms with Crippen LogP contribution in [0.5, 0.6) is 0 Å². The lowest BCUT2D eigenvalue weighted by molar-refractivity contribution is -0.734. The van der Waals surface area contributed by atoms with Crippen LogP contribution in [0.15, 0.2) is 24.3 Å². The molecule has 4 atom stereocenters. The van der Waals surface area contributed by atoms with E-state index >= 15 is 0 Å². The Bertz CT molecular complexity index is 736. The Morgan fingerprint density at radius 3 is 2.50 bits per heavy atom. The number of methoxy groups -OCH3 is 1. The number of quaternary nitrogens is 1. The molecule has 0 radical (unpaired) electrons. The normalized spacial score (nSPS) is 30.6. The standard InChI is InChI=1S/C19H24N2O4S/c1-11-5-7-12(8-6-11)15-13-14(17(23)21(2)16(13)22)19(20-15,9-10-26-4)18(24)25-3/h5-8,13-15,20H,9-10H2,1-4H3/p+1/t13-,14+,15+,19+/m1/s1. The Balaban J connectivity index is 2.11. The zero-order valence-electron chi connectivity index (χ0n) is 15.5. The number of carbonyl (C=O) groups is 3. The quantitative estimate of drug-likeness (QED) is 0.597. The molecule has 0 unspecified atom stereocenters. The first-order valence-electron chi connectivity index (χ1n) is 8.68. The third-order valence-corrected chi connectivity index (χ3v) is 6.35. The molecule has 26 heavy (non-hydrogen) atoms. The second-order valence-corrected chi connectivity index (χ2v) is 8.10. The maximum atomic E-state index is 12.9. The number of benzene rings is 1. The van der Waals surface area contributed by atoms with Crippen molar-refractivity contribution in [3.8, 4) is 0 Å². The van der Waals surface area contributed by atoms with Gasteiger partial charge in [-0.1, -0.05) is 29.8 Å². The Kier molecular flexibility index (Phi) is 5.12. The van der Waals surface area contributed by atoms with Crippen molar-refractivity contribution in [3.63, 3.8) is 0 Å². The highest BCUT2D eigenvalue weighted by Crippen LogP contribution is 2.45. The summed E-state index contributed by atoms with van der Waals surface area (Å²) in [6, 6.07) is 7.66.